The molecule has 0 aliphatic rings. The number of hydrogen-bond donors (Lipinski definition) is 2. The molecule has 0 saturated carbocycles. The molecule has 0 fully saturated rings. The number of amides is 1. The summed E-state index contributed by atoms with van der Waals surface area (Å²) in [6, 6.07) is 15.3. The van der Waals surface area contributed by atoms with Gasteiger partial charge in [0.25, 0.3) is 0 Å². The van der Waals surface area contributed by atoms with Crippen molar-refractivity contribution in [2.75, 3.05) is 16.4 Å². The third-order valence-electron chi connectivity index (χ3n) is 3.59. The van der Waals surface area contributed by atoms with Crippen LogP contribution in [0.3, 0.4) is 0 Å². The number of allylic oxidation sites excluding steroid dienone is 1. The molecule has 0 saturated heterocycles. The van der Waals surface area contributed by atoms with Gasteiger partial charge in [0.15, 0.2) is 11.0 Å². The molecule has 8 heteroatoms. The molecule has 3 aromatic rings. The van der Waals surface area contributed by atoms with Gasteiger partial charge in [0.05, 0.1) is 12.3 Å². The summed E-state index contributed by atoms with van der Waals surface area (Å²) in [4.78, 5) is 16.2. The molecule has 3 rings (SSSR count). The van der Waals surface area contributed by atoms with Crippen LogP contribution in [0, 0.1) is 0 Å². The molecule has 7 nitrogen and oxygen atoms in total. The van der Waals surface area contributed by atoms with Gasteiger partial charge in [-0.15, -0.1) is 16.8 Å². The summed E-state index contributed by atoms with van der Waals surface area (Å²) < 4.78 is 1.95. The largest absolute Gasteiger partial charge is 0.378 e. The average molecular weight is 380 g/mol. The van der Waals surface area contributed by atoms with Crippen LogP contribution in [0.4, 0.5) is 11.5 Å². The quantitative estimate of drug-likeness (QED) is 0.438. The van der Waals surface area contributed by atoms with Gasteiger partial charge in [-0.3, -0.25) is 4.79 Å². The van der Waals surface area contributed by atoms with E-state index in [1.807, 2.05) is 41.0 Å². The van der Waals surface area contributed by atoms with Gasteiger partial charge in [0.2, 0.25) is 5.91 Å². The first kappa shape index (κ1) is 18.7. The van der Waals surface area contributed by atoms with Crippen molar-refractivity contribution in [3.8, 4) is 0 Å². The van der Waals surface area contributed by atoms with Crippen LogP contribution in [-0.2, 0) is 17.9 Å². The zero-order valence-electron chi connectivity index (χ0n) is 14.7. The molecule has 0 radical (unpaired) electrons. The second-order valence-electron chi connectivity index (χ2n) is 5.57. The van der Waals surface area contributed by atoms with Crippen LogP contribution in [0.25, 0.3) is 0 Å². The van der Waals surface area contributed by atoms with E-state index < -0.39 is 0 Å². The smallest absolute Gasteiger partial charge is 0.236 e. The highest BCUT2D eigenvalue weighted by molar-refractivity contribution is 7.99. The highest BCUT2D eigenvalue weighted by Gasteiger charge is 2.13. The Bertz CT molecular complexity index is 882. The van der Waals surface area contributed by atoms with Crippen molar-refractivity contribution >= 4 is 29.2 Å². The number of carbonyl (C=O) groups excluding carboxylic acids is 1. The standard InChI is InChI=1S/C19H20N6OS/c1-2-12-25-17(13-21-15-8-4-3-5-9-15)23-24-19(25)27-14-18(26)22-16-10-6-7-11-20-16/h2-11,21H,1,12-14H2,(H,20,22,26). The number of aromatic nitrogens is 4. The summed E-state index contributed by atoms with van der Waals surface area (Å²) >= 11 is 1.33. The number of benzene rings is 1. The van der Waals surface area contributed by atoms with Crippen molar-refractivity contribution in [2.45, 2.75) is 18.2 Å². The number of nitrogens with one attached hydrogen (secondary N) is 2. The highest BCUT2D eigenvalue weighted by Crippen LogP contribution is 2.18. The van der Waals surface area contributed by atoms with Crippen molar-refractivity contribution in [3.63, 3.8) is 0 Å². The molecular formula is C19H20N6OS. The third-order valence-corrected chi connectivity index (χ3v) is 4.56. The van der Waals surface area contributed by atoms with Gasteiger partial charge < -0.3 is 15.2 Å². The van der Waals surface area contributed by atoms with Crippen LogP contribution in [-0.4, -0.2) is 31.4 Å². The summed E-state index contributed by atoms with van der Waals surface area (Å²) in [5.41, 5.74) is 1.01. The maximum Gasteiger partial charge on any atom is 0.236 e. The minimum Gasteiger partial charge on any atom is -0.378 e. The van der Waals surface area contributed by atoms with Gasteiger partial charge in [0, 0.05) is 18.4 Å². The summed E-state index contributed by atoms with van der Waals surface area (Å²) in [5, 5.41) is 15.2. The lowest BCUT2D eigenvalue weighted by molar-refractivity contribution is -0.113. The lowest BCUT2D eigenvalue weighted by Gasteiger charge is -2.09. The van der Waals surface area contributed by atoms with Crippen molar-refractivity contribution in [3.05, 3.63) is 73.2 Å². The summed E-state index contributed by atoms with van der Waals surface area (Å²) in [6.07, 6.45) is 3.42. The maximum absolute atomic E-state index is 12.1. The van der Waals surface area contributed by atoms with E-state index in [0.717, 1.165) is 11.5 Å². The Morgan fingerprint density at radius 2 is 1.96 bits per heavy atom. The summed E-state index contributed by atoms with van der Waals surface area (Å²) in [5.74, 6) is 1.39. The number of anilines is 2. The number of thioether (sulfide) groups is 1. The van der Waals surface area contributed by atoms with Gasteiger partial charge in [0.1, 0.15) is 5.82 Å². The van der Waals surface area contributed by atoms with Gasteiger partial charge in [-0.25, -0.2) is 4.98 Å². The molecule has 1 aromatic carbocycles. The van der Waals surface area contributed by atoms with E-state index in [1.54, 1.807) is 24.4 Å². The van der Waals surface area contributed by atoms with Crippen LogP contribution < -0.4 is 10.6 Å². The molecule has 0 aliphatic carbocycles. The molecule has 2 aromatic heterocycles. The van der Waals surface area contributed by atoms with E-state index in [0.29, 0.717) is 24.1 Å². The van der Waals surface area contributed by atoms with E-state index in [-0.39, 0.29) is 11.7 Å². The van der Waals surface area contributed by atoms with Crippen LogP contribution in [0.5, 0.6) is 0 Å². The zero-order chi connectivity index (χ0) is 18.9. The minimum atomic E-state index is -0.143. The van der Waals surface area contributed by atoms with Crippen LogP contribution in [0.15, 0.2) is 72.5 Å². The molecule has 2 heterocycles. The topological polar surface area (TPSA) is 84.7 Å². The maximum atomic E-state index is 12.1. The Morgan fingerprint density at radius 1 is 1.15 bits per heavy atom. The molecule has 138 valence electrons. The van der Waals surface area contributed by atoms with Crippen molar-refractivity contribution < 1.29 is 4.79 Å². The number of rotatable bonds is 9. The van der Waals surface area contributed by atoms with E-state index in [4.69, 9.17) is 0 Å². The normalized spacial score (nSPS) is 10.4. The average Bonchev–Trinajstić information content (AvgIpc) is 3.08. The van der Waals surface area contributed by atoms with Gasteiger partial charge in [-0.05, 0) is 24.3 Å². The molecule has 27 heavy (non-hydrogen) atoms. The lowest BCUT2D eigenvalue weighted by atomic mass is 10.3. The lowest BCUT2D eigenvalue weighted by Crippen LogP contribution is -2.15. The molecule has 0 aliphatic heterocycles. The first-order valence-electron chi connectivity index (χ1n) is 8.42. The molecule has 0 spiro atoms. The van der Waals surface area contributed by atoms with Gasteiger partial charge >= 0.3 is 0 Å². The monoisotopic (exact) mass is 380 g/mol. The minimum absolute atomic E-state index is 0.143. The van der Waals surface area contributed by atoms with Crippen LogP contribution >= 0.6 is 11.8 Å². The predicted molar refractivity (Wildman–Crippen MR) is 108 cm³/mol. The molecular weight excluding hydrogens is 360 g/mol. The fourth-order valence-corrected chi connectivity index (χ4v) is 3.12. The fraction of sp³-hybridized carbons (Fsp3) is 0.158. The van der Waals surface area contributed by atoms with Gasteiger partial charge in [-0.1, -0.05) is 42.1 Å². The zero-order valence-corrected chi connectivity index (χ0v) is 15.5. The number of nitrogens with zero attached hydrogens (tertiary/aromatic N) is 4. The summed E-state index contributed by atoms with van der Waals surface area (Å²) in [7, 11) is 0. The Morgan fingerprint density at radius 3 is 2.70 bits per heavy atom. The van der Waals surface area contributed by atoms with Crippen molar-refractivity contribution in [2.24, 2.45) is 0 Å². The fourth-order valence-electron chi connectivity index (χ4n) is 2.35. The first-order valence-corrected chi connectivity index (χ1v) is 9.40. The molecule has 1 amide bonds. The van der Waals surface area contributed by atoms with E-state index in [9.17, 15) is 4.79 Å². The van der Waals surface area contributed by atoms with E-state index >= 15 is 0 Å². The van der Waals surface area contributed by atoms with Crippen molar-refractivity contribution in [1.29, 1.82) is 0 Å². The SMILES string of the molecule is C=CCn1c(CNc2ccccc2)nnc1SCC(=O)Nc1ccccn1. The number of pyridine rings is 1. The third kappa shape index (κ3) is 5.42. The Balaban J connectivity index is 1.60. The first-order chi connectivity index (χ1) is 13.3. The number of hydrogen-bond acceptors (Lipinski definition) is 6. The number of carbonyl (C=O) groups is 1. The molecule has 0 unspecified atom stereocenters. The highest BCUT2D eigenvalue weighted by atomic mass is 32.2. The molecule has 0 atom stereocenters. The second-order valence-corrected chi connectivity index (χ2v) is 6.51. The Kier molecular flexibility index (Phi) is 6.59. The van der Waals surface area contributed by atoms with E-state index in [1.165, 1.54) is 11.8 Å². The second kappa shape index (κ2) is 9.54. The Hall–Kier alpha value is -3.13. The summed E-state index contributed by atoms with van der Waals surface area (Å²) in [6.45, 7) is 4.90. The van der Waals surface area contributed by atoms with Crippen molar-refractivity contribution in [1.82, 2.24) is 19.7 Å². The van der Waals surface area contributed by atoms with E-state index in [2.05, 4.69) is 32.4 Å². The predicted octanol–water partition coefficient (Wildman–Crippen LogP) is 3.20. The molecule has 0 bridgehead atoms. The molecule has 2 N–H and O–H groups in total. The van der Waals surface area contributed by atoms with Crippen LogP contribution in [0.1, 0.15) is 5.82 Å². The number of para-hydroxylation sites is 1. The van der Waals surface area contributed by atoms with Gasteiger partial charge in [-0.2, -0.15) is 0 Å². The van der Waals surface area contributed by atoms with Crippen LogP contribution in [0.2, 0.25) is 0 Å². The Labute approximate surface area is 161 Å².